The number of ether oxygens (including phenoxy) is 1. The molecule has 25 heavy (non-hydrogen) atoms. The molecule has 11 heteroatoms. The molecule has 0 aliphatic carbocycles. The van der Waals surface area contributed by atoms with E-state index in [2.05, 4.69) is 14.7 Å². The monoisotopic (exact) mass is 379 g/mol. The van der Waals surface area contributed by atoms with Crippen LogP contribution in [0.4, 0.5) is 13.2 Å². The molecule has 0 saturated heterocycles. The quantitative estimate of drug-likeness (QED) is 0.518. The van der Waals surface area contributed by atoms with Crippen molar-refractivity contribution in [2.75, 3.05) is 20.8 Å². The highest BCUT2D eigenvalue weighted by atomic mass is 32.1. The zero-order chi connectivity index (χ0) is 18.4. The number of carbonyl (C=O) groups is 1. The van der Waals surface area contributed by atoms with Gasteiger partial charge in [-0.25, -0.2) is 5.06 Å². The number of nitrogens with zero attached hydrogens (tertiary/aromatic N) is 3. The van der Waals surface area contributed by atoms with E-state index < -0.39 is 12.1 Å². The zero-order valence-electron chi connectivity index (χ0n) is 13.5. The van der Waals surface area contributed by atoms with Crippen LogP contribution >= 0.6 is 11.3 Å². The van der Waals surface area contributed by atoms with E-state index in [1.807, 2.05) is 0 Å². The summed E-state index contributed by atoms with van der Waals surface area (Å²) in [5.41, 5.74) is 0. The lowest BCUT2D eigenvalue weighted by molar-refractivity contribution is -0.179. The normalized spacial score (nSPS) is 11.7. The standard InChI is InChI=1S/C14H16F3N3O4S/c1-22-7-3-4-11(21)20(23-2)8-9-5-6-10(25-9)12-18-13(24-19-12)14(15,16)17/h5-6H,3-4,7-8H2,1-2H3. The maximum atomic E-state index is 12.5. The van der Waals surface area contributed by atoms with E-state index in [4.69, 9.17) is 9.57 Å². The van der Waals surface area contributed by atoms with Gasteiger partial charge < -0.3 is 9.26 Å². The third-order valence-corrected chi connectivity index (χ3v) is 4.15. The molecule has 0 radical (unpaired) electrons. The molecule has 138 valence electrons. The number of aromatic nitrogens is 2. The number of halogens is 3. The summed E-state index contributed by atoms with van der Waals surface area (Å²) in [5, 5.41) is 4.51. The number of methoxy groups -OCH3 is 1. The van der Waals surface area contributed by atoms with Gasteiger partial charge in [0, 0.05) is 25.0 Å². The van der Waals surface area contributed by atoms with Gasteiger partial charge in [-0.15, -0.1) is 11.3 Å². The molecule has 0 unspecified atom stereocenters. The van der Waals surface area contributed by atoms with Gasteiger partial charge in [0.15, 0.2) is 0 Å². The number of hydroxylamine groups is 2. The summed E-state index contributed by atoms with van der Waals surface area (Å²) in [6.45, 7) is 0.628. The van der Waals surface area contributed by atoms with Gasteiger partial charge >= 0.3 is 12.1 Å². The molecular formula is C14H16F3N3O4S. The average Bonchev–Trinajstić information content (AvgIpc) is 3.21. The van der Waals surface area contributed by atoms with E-state index in [-0.39, 0.29) is 24.7 Å². The predicted octanol–water partition coefficient (Wildman–Crippen LogP) is 3.13. The van der Waals surface area contributed by atoms with Crippen molar-refractivity contribution >= 4 is 17.2 Å². The van der Waals surface area contributed by atoms with Crippen molar-refractivity contribution in [1.82, 2.24) is 15.2 Å². The van der Waals surface area contributed by atoms with Gasteiger partial charge in [0.25, 0.3) is 0 Å². The van der Waals surface area contributed by atoms with E-state index in [0.29, 0.717) is 22.8 Å². The van der Waals surface area contributed by atoms with Crippen LogP contribution < -0.4 is 0 Å². The molecule has 0 aliphatic heterocycles. The van der Waals surface area contributed by atoms with Gasteiger partial charge in [0.1, 0.15) is 0 Å². The average molecular weight is 379 g/mol. The smallest absolute Gasteiger partial charge is 0.385 e. The Bertz CT molecular complexity index is 702. The SMILES string of the molecule is COCCCC(=O)N(Cc1ccc(-c2noc(C(F)(F)F)n2)s1)OC. The summed E-state index contributed by atoms with van der Waals surface area (Å²) in [6, 6.07) is 3.23. The molecule has 0 saturated carbocycles. The first-order valence-electron chi connectivity index (χ1n) is 7.18. The lowest BCUT2D eigenvalue weighted by atomic mass is 10.3. The van der Waals surface area contributed by atoms with E-state index >= 15 is 0 Å². The maximum Gasteiger partial charge on any atom is 0.471 e. The van der Waals surface area contributed by atoms with Crippen molar-refractivity contribution < 1.29 is 32.1 Å². The van der Waals surface area contributed by atoms with Gasteiger partial charge in [0.05, 0.1) is 18.5 Å². The summed E-state index contributed by atoms with van der Waals surface area (Å²) in [5.74, 6) is -1.77. The van der Waals surface area contributed by atoms with E-state index in [0.717, 1.165) is 11.3 Å². The topological polar surface area (TPSA) is 77.7 Å². The minimum Gasteiger partial charge on any atom is -0.385 e. The molecule has 0 bridgehead atoms. The van der Waals surface area contributed by atoms with E-state index in [1.54, 1.807) is 19.2 Å². The number of thiophene rings is 1. The maximum absolute atomic E-state index is 12.5. The summed E-state index contributed by atoms with van der Waals surface area (Å²) >= 11 is 1.15. The van der Waals surface area contributed by atoms with Crippen molar-refractivity contribution in [2.45, 2.75) is 25.6 Å². The predicted molar refractivity (Wildman–Crippen MR) is 81.3 cm³/mol. The first-order valence-corrected chi connectivity index (χ1v) is 8.00. The van der Waals surface area contributed by atoms with Crippen LogP contribution in [0.15, 0.2) is 16.7 Å². The first kappa shape index (κ1) is 19.3. The molecule has 0 spiro atoms. The molecule has 0 N–H and O–H groups in total. The highest BCUT2D eigenvalue weighted by molar-refractivity contribution is 7.15. The Morgan fingerprint density at radius 2 is 2.12 bits per heavy atom. The number of rotatable bonds is 8. The van der Waals surface area contributed by atoms with Crippen LogP contribution in [-0.4, -0.2) is 41.9 Å². The molecule has 2 aromatic heterocycles. The van der Waals surface area contributed by atoms with Crippen molar-refractivity contribution in [3.05, 3.63) is 22.9 Å². The lowest BCUT2D eigenvalue weighted by Crippen LogP contribution is -2.29. The fourth-order valence-electron chi connectivity index (χ4n) is 1.91. The molecule has 1 amide bonds. The second-order valence-corrected chi connectivity index (χ2v) is 6.06. The highest BCUT2D eigenvalue weighted by Gasteiger charge is 2.38. The Labute approximate surface area is 145 Å². The number of alkyl halides is 3. The van der Waals surface area contributed by atoms with Crippen LogP contribution in [0.25, 0.3) is 10.7 Å². The Morgan fingerprint density at radius 3 is 2.72 bits per heavy atom. The summed E-state index contributed by atoms with van der Waals surface area (Å²) in [7, 11) is 2.92. The van der Waals surface area contributed by atoms with Crippen molar-refractivity contribution in [2.24, 2.45) is 0 Å². The van der Waals surface area contributed by atoms with Gasteiger partial charge in [-0.2, -0.15) is 18.2 Å². The number of hydrogen-bond donors (Lipinski definition) is 0. The molecular weight excluding hydrogens is 363 g/mol. The van der Waals surface area contributed by atoms with Gasteiger partial charge in [-0.05, 0) is 18.6 Å². The Morgan fingerprint density at radius 1 is 1.36 bits per heavy atom. The Kier molecular flexibility index (Phi) is 6.51. The van der Waals surface area contributed by atoms with Gasteiger partial charge in [-0.1, -0.05) is 5.16 Å². The van der Waals surface area contributed by atoms with Crippen LogP contribution in [0.5, 0.6) is 0 Å². The minimum atomic E-state index is -4.69. The Hall–Kier alpha value is -1.98. The van der Waals surface area contributed by atoms with Crippen LogP contribution in [0.2, 0.25) is 0 Å². The minimum absolute atomic E-state index is 0.154. The largest absolute Gasteiger partial charge is 0.471 e. The summed E-state index contributed by atoms with van der Waals surface area (Å²) in [4.78, 5) is 21.5. The molecule has 0 aliphatic rings. The highest BCUT2D eigenvalue weighted by Crippen LogP contribution is 2.32. The molecule has 2 aromatic rings. The number of hydrogen-bond acceptors (Lipinski definition) is 7. The third-order valence-electron chi connectivity index (χ3n) is 3.09. The number of amides is 1. The molecule has 2 heterocycles. The van der Waals surface area contributed by atoms with Crippen LogP contribution in [0.1, 0.15) is 23.6 Å². The van der Waals surface area contributed by atoms with Gasteiger partial charge in [-0.3, -0.25) is 9.63 Å². The molecule has 0 atom stereocenters. The lowest BCUT2D eigenvalue weighted by Gasteiger charge is -2.18. The second kappa shape index (κ2) is 8.41. The van der Waals surface area contributed by atoms with Crippen LogP contribution in [0, 0.1) is 0 Å². The first-order chi connectivity index (χ1) is 11.8. The molecule has 2 rings (SSSR count). The third kappa shape index (κ3) is 5.25. The van der Waals surface area contributed by atoms with E-state index in [1.165, 1.54) is 12.2 Å². The van der Waals surface area contributed by atoms with Gasteiger partial charge in [0.2, 0.25) is 11.7 Å². The Balaban J connectivity index is 2.02. The van der Waals surface area contributed by atoms with Crippen molar-refractivity contribution in [3.63, 3.8) is 0 Å². The molecule has 0 aromatic carbocycles. The van der Waals surface area contributed by atoms with Crippen LogP contribution in [-0.2, 0) is 27.1 Å². The second-order valence-electron chi connectivity index (χ2n) is 4.90. The molecule has 7 nitrogen and oxygen atoms in total. The van der Waals surface area contributed by atoms with Crippen molar-refractivity contribution in [3.8, 4) is 10.7 Å². The fraction of sp³-hybridized carbons (Fsp3) is 0.500. The van der Waals surface area contributed by atoms with Crippen molar-refractivity contribution in [1.29, 1.82) is 0 Å². The van der Waals surface area contributed by atoms with Crippen LogP contribution in [0.3, 0.4) is 0 Å². The molecule has 0 fully saturated rings. The fourth-order valence-corrected chi connectivity index (χ4v) is 2.82. The zero-order valence-corrected chi connectivity index (χ0v) is 14.3. The summed E-state index contributed by atoms with van der Waals surface area (Å²) < 4.78 is 46.6. The van der Waals surface area contributed by atoms with E-state index in [9.17, 15) is 18.0 Å². The number of carbonyl (C=O) groups excluding carboxylic acids is 1. The summed E-state index contributed by atoms with van der Waals surface area (Å²) in [6.07, 6.45) is -3.86.